The Morgan fingerprint density at radius 3 is 2.64 bits per heavy atom. The predicted octanol–water partition coefficient (Wildman–Crippen LogP) is 1.16. The summed E-state index contributed by atoms with van der Waals surface area (Å²) in [5, 5.41) is 10.4. The van der Waals surface area contributed by atoms with Crippen LogP contribution in [0.5, 0.6) is 0 Å². The molecular formula is C8H7N3O3. The van der Waals surface area contributed by atoms with Crippen LogP contribution in [0.25, 0.3) is 0 Å². The molecule has 1 aliphatic rings. The summed E-state index contributed by atoms with van der Waals surface area (Å²) >= 11 is 0. The maximum Gasteiger partial charge on any atom is 0.269 e. The number of rotatable bonds is 2. The molecule has 1 N–H and O–H groups in total. The third-order valence-electron chi connectivity index (χ3n) is 1.86. The van der Waals surface area contributed by atoms with Gasteiger partial charge in [0.25, 0.3) is 5.69 Å². The average Bonchev–Trinajstić information content (AvgIpc) is 2.71. The zero-order valence-corrected chi connectivity index (χ0v) is 7.08. The van der Waals surface area contributed by atoms with Gasteiger partial charge >= 0.3 is 0 Å². The second-order valence-electron chi connectivity index (χ2n) is 2.74. The largest absolute Gasteiger partial charge is 0.394 e. The van der Waals surface area contributed by atoms with Crippen molar-refractivity contribution in [2.45, 2.75) is 6.17 Å². The zero-order chi connectivity index (χ0) is 9.97. The maximum atomic E-state index is 10.4. The molecule has 14 heavy (non-hydrogen) atoms. The van der Waals surface area contributed by atoms with E-state index in [0.29, 0.717) is 0 Å². The van der Waals surface area contributed by atoms with E-state index in [-0.39, 0.29) is 11.9 Å². The van der Waals surface area contributed by atoms with Crippen molar-refractivity contribution in [1.82, 2.24) is 5.48 Å². The molecule has 0 saturated carbocycles. The molecule has 0 amide bonds. The van der Waals surface area contributed by atoms with Crippen molar-refractivity contribution in [1.29, 1.82) is 0 Å². The molecule has 1 unspecified atom stereocenters. The lowest BCUT2D eigenvalue weighted by atomic mass is 10.2. The molecule has 0 radical (unpaired) electrons. The number of nitrogens with one attached hydrogen (secondary N) is 1. The molecule has 0 bridgehead atoms. The summed E-state index contributed by atoms with van der Waals surface area (Å²) in [4.78, 5) is 18.6. The molecule has 1 atom stereocenters. The van der Waals surface area contributed by atoms with E-state index in [4.69, 9.17) is 4.84 Å². The van der Waals surface area contributed by atoms with E-state index < -0.39 is 4.92 Å². The van der Waals surface area contributed by atoms with Gasteiger partial charge in [-0.3, -0.25) is 10.1 Å². The Balaban J connectivity index is 2.21. The predicted molar refractivity (Wildman–Crippen MR) is 48.6 cm³/mol. The molecule has 1 aliphatic heterocycles. The summed E-state index contributed by atoms with van der Waals surface area (Å²) in [6.07, 6.45) is 1.03. The van der Waals surface area contributed by atoms with Crippen molar-refractivity contribution in [3.63, 3.8) is 0 Å². The van der Waals surface area contributed by atoms with Crippen LogP contribution in [0.3, 0.4) is 0 Å². The van der Waals surface area contributed by atoms with E-state index in [2.05, 4.69) is 10.5 Å². The quantitative estimate of drug-likeness (QED) is 0.564. The Morgan fingerprint density at radius 2 is 2.14 bits per heavy atom. The van der Waals surface area contributed by atoms with Crippen molar-refractivity contribution >= 4 is 12.1 Å². The molecule has 6 nitrogen and oxygen atoms in total. The number of hydroxylamine groups is 1. The van der Waals surface area contributed by atoms with E-state index in [1.165, 1.54) is 18.5 Å². The number of nitrogens with zero attached hydrogens (tertiary/aromatic N) is 2. The molecule has 72 valence electrons. The third-order valence-corrected chi connectivity index (χ3v) is 1.86. The van der Waals surface area contributed by atoms with Gasteiger partial charge in [0, 0.05) is 12.1 Å². The fourth-order valence-electron chi connectivity index (χ4n) is 1.15. The van der Waals surface area contributed by atoms with Gasteiger partial charge in [-0.15, -0.1) is 5.48 Å². The van der Waals surface area contributed by atoms with Crippen LogP contribution in [0.1, 0.15) is 11.7 Å². The molecule has 0 spiro atoms. The van der Waals surface area contributed by atoms with Gasteiger partial charge in [0.15, 0.2) is 12.6 Å². The summed E-state index contributed by atoms with van der Waals surface area (Å²) in [6, 6.07) is 6.15. The number of aliphatic imine (C=N–C) groups is 1. The molecule has 2 rings (SSSR count). The lowest BCUT2D eigenvalue weighted by Gasteiger charge is -2.05. The standard InChI is InChI=1S/C8H7N3O3/c12-11(13)7-3-1-6(2-4-7)8-9-5-14-10-8/h1-5,8,10H. The van der Waals surface area contributed by atoms with E-state index in [1.807, 2.05) is 0 Å². The van der Waals surface area contributed by atoms with E-state index in [9.17, 15) is 10.1 Å². The first-order valence-electron chi connectivity index (χ1n) is 3.94. The number of hydrogen-bond donors (Lipinski definition) is 1. The van der Waals surface area contributed by atoms with Gasteiger partial charge in [0.2, 0.25) is 0 Å². The number of hydrogen-bond acceptors (Lipinski definition) is 5. The Hall–Kier alpha value is -1.95. The molecule has 0 aliphatic carbocycles. The first kappa shape index (κ1) is 8.64. The summed E-state index contributed by atoms with van der Waals surface area (Å²) in [5.41, 5.74) is 3.52. The minimum absolute atomic E-state index is 0.0663. The van der Waals surface area contributed by atoms with Crippen LogP contribution in [0, 0.1) is 10.1 Å². The van der Waals surface area contributed by atoms with Crippen LogP contribution in [-0.2, 0) is 4.84 Å². The van der Waals surface area contributed by atoms with Crippen molar-refractivity contribution in [3.05, 3.63) is 39.9 Å². The topological polar surface area (TPSA) is 76.8 Å². The second-order valence-corrected chi connectivity index (χ2v) is 2.74. The minimum atomic E-state index is -0.439. The van der Waals surface area contributed by atoms with Crippen LogP contribution in [-0.4, -0.2) is 11.3 Å². The Morgan fingerprint density at radius 1 is 1.43 bits per heavy atom. The highest BCUT2D eigenvalue weighted by Crippen LogP contribution is 2.19. The summed E-state index contributed by atoms with van der Waals surface area (Å²) in [6.45, 7) is 0. The highest BCUT2D eigenvalue weighted by molar-refractivity contribution is 5.49. The number of nitro groups is 1. The monoisotopic (exact) mass is 193 g/mol. The number of benzene rings is 1. The van der Waals surface area contributed by atoms with Gasteiger partial charge in [-0.1, -0.05) is 0 Å². The fourth-order valence-corrected chi connectivity index (χ4v) is 1.15. The highest BCUT2D eigenvalue weighted by Gasteiger charge is 2.14. The van der Waals surface area contributed by atoms with Gasteiger partial charge in [0.05, 0.1) is 4.92 Å². The van der Waals surface area contributed by atoms with Crippen LogP contribution < -0.4 is 5.48 Å². The van der Waals surface area contributed by atoms with Crippen LogP contribution in [0.4, 0.5) is 5.69 Å². The molecule has 1 aromatic rings. The number of nitro benzene ring substituents is 1. The Labute approximate surface area is 79.3 Å². The van der Waals surface area contributed by atoms with Crippen LogP contribution >= 0.6 is 0 Å². The van der Waals surface area contributed by atoms with Gasteiger partial charge in [-0.25, -0.2) is 4.99 Å². The normalized spacial score (nSPS) is 19.3. The van der Waals surface area contributed by atoms with E-state index in [0.717, 1.165) is 5.56 Å². The smallest absolute Gasteiger partial charge is 0.269 e. The molecule has 1 heterocycles. The molecular weight excluding hydrogens is 186 g/mol. The SMILES string of the molecule is O=[N+]([O-])c1ccc(C2N=CON2)cc1. The summed E-state index contributed by atoms with van der Waals surface area (Å²) in [7, 11) is 0. The lowest BCUT2D eigenvalue weighted by molar-refractivity contribution is -0.384. The lowest BCUT2D eigenvalue weighted by Crippen LogP contribution is -2.12. The van der Waals surface area contributed by atoms with Crippen molar-refractivity contribution < 1.29 is 9.76 Å². The van der Waals surface area contributed by atoms with E-state index in [1.54, 1.807) is 12.1 Å². The highest BCUT2D eigenvalue weighted by atomic mass is 16.7. The van der Waals surface area contributed by atoms with Crippen LogP contribution in [0.2, 0.25) is 0 Å². The van der Waals surface area contributed by atoms with E-state index >= 15 is 0 Å². The maximum absolute atomic E-state index is 10.4. The fraction of sp³-hybridized carbons (Fsp3) is 0.125. The zero-order valence-electron chi connectivity index (χ0n) is 7.08. The molecule has 6 heteroatoms. The van der Waals surface area contributed by atoms with Crippen molar-refractivity contribution in [2.24, 2.45) is 4.99 Å². The molecule has 1 aromatic carbocycles. The summed E-state index contributed by atoms with van der Waals surface area (Å²) in [5.74, 6) is 0. The van der Waals surface area contributed by atoms with Gasteiger partial charge in [-0.2, -0.15) is 0 Å². The average molecular weight is 193 g/mol. The Kier molecular flexibility index (Phi) is 2.11. The second kappa shape index (κ2) is 3.43. The molecule has 0 saturated heterocycles. The molecule has 0 fully saturated rings. The van der Waals surface area contributed by atoms with Crippen molar-refractivity contribution in [3.8, 4) is 0 Å². The first-order valence-corrected chi connectivity index (χ1v) is 3.94. The van der Waals surface area contributed by atoms with Crippen LogP contribution in [0.15, 0.2) is 29.3 Å². The first-order chi connectivity index (χ1) is 6.77. The van der Waals surface area contributed by atoms with Gasteiger partial charge < -0.3 is 4.84 Å². The summed E-state index contributed by atoms with van der Waals surface area (Å²) < 4.78 is 0. The van der Waals surface area contributed by atoms with Gasteiger partial charge in [-0.05, 0) is 17.7 Å². The van der Waals surface area contributed by atoms with Crippen molar-refractivity contribution in [2.75, 3.05) is 0 Å². The Bertz CT molecular complexity index is 374. The number of non-ortho nitro benzene ring substituents is 1. The minimum Gasteiger partial charge on any atom is -0.394 e. The third kappa shape index (κ3) is 1.55. The van der Waals surface area contributed by atoms with Gasteiger partial charge in [0.1, 0.15) is 0 Å². The molecule has 0 aromatic heterocycles.